The van der Waals surface area contributed by atoms with Gasteiger partial charge < -0.3 is 10.6 Å². The molecule has 4 amide bonds. The van der Waals surface area contributed by atoms with Crippen molar-refractivity contribution in [2.45, 2.75) is 51.1 Å². The first-order chi connectivity index (χ1) is 14.4. The molecular weight excluding hydrogens is 398 g/mol. The van der Waals surface area contributed by atoms with E-state index in [9.17, 15) is 14.4 Å². The third-order valence-electron chi connectivity index (χ3n) is 5.98. The first kappa shape index (κ1) is 20.6. The predicted molar refractivity (Wildman–Crippen MR) is 116 cm³/mol. The van der Waals surface area contributed by atoms with Gasteiger partial charge in [-0.1, -0.05) is 43.7 Å². The van der Waals surface area contributed by atoms with Crippen molar-refractivity contribution in [1.82, 2.24) is 15.5 Å². The van der Waals surface area contributed by atoms with E-state index in [-0.39, 0.29) is 30.3 Å². The van der Waals surface area contributed by atoms with Crippen molar-refractivity contribution in [3.05, 3.63) is 57.8 Å². The Morgan fingerprint density at radius 1 is 1.27 bits per heavy atom. The molecule has 30 heavy (non-hydrogen) atoms. The molecule has 1 aliphatic carbocycles. The van der Waals surface area contributed by atoms with Gasteiger partial charge in [0.2, 0.25) is 5.91 Å². The van der Waals surface area contributed by atoms with E-state index in [1.54, 1.807) is 18.3 Å². The molecule has 2 fully saturated rings. The summed E-state index contributed by atoms with van der Waals surface area (Å²) in [4.78, 5) is 40.1. The molecule has 2 atom stereocenters. The molecule has 1 saturated heterocycles. The molecule has 2 unspecified atom stereocenters. The van der Waals surface area contributed by atoms with E-state index in [1.165, 1.54) is 5.56 Å². The Labute approximate surface area is 180 Å². The van der Waals surface area contributed by atoms with Crippen LogP contribution in [-0.4, -0.2) is 34.8 Å². The minimum atomic E-state index is -0.875. The number of benzene rings is 1. The minimum absolute atomic E-state index is 0.169. The molecular formula is C23H27N3O3S. The second-order valence-electron chi connectivity index (χ2n) is 8.31. The second kappa shape index (κ2) is 8.22. The van der Waals surface area contributed by atoms with E-state index in [1.807, 2.05) is 29.6 Å². The summed E-state index contributed by atoms with van der Waals surface area (Å²) in [5.74, 6) is -0.487. The molecule has 2 heterocycles. The van der Waals surface area contributed by atoms with Gasteiger partial charge in [-0.25, -0.2) is 4.79 Å². The normalized spacial score (nSPS) is 22.1. The maximum atomic E-state index is 12.9. The van der Waals surface area contributed by atoms with Gasteiger partial charge in [-0.2, -0.15) is 0 Å². The van der Waals surface area contributed by atoms with Gasteiger partial charge in [0.25, 0.3) is 5.91 Å². The van der Waals surface area contributed by atoms with Crippen LogP contribution in [0.4, 0.5) is 4.79 Å². The summed E-state index contributed by atoms with van der Waals surface area (Å²) in [5.41, 5.74) is 1.36. The fraction of sp³-hybridized carbons (Fsp3) is 0.435. The van der Waals surface area contributed by atoms with E-state index >= 15 is 0 Å². The lowest BCUT2D eigenvalue weighted by atomic mass is 9.96. The minimum Gasteiger partial charge on any atom is -0.343 e. The van der Waals surface area contributed by atoms with Crippen molar-refractivity contribution in [3.63, 3.8) is 0 Å². The summed E-state index contributed by atoms with van der Waals surface area (Å²) in [6.45, 7) is 3.63. The van der Waals surface area contributed by atoms with E-state index in [0.29, 0.717) is 0 Å². The molecule has 4 rings (SSSR count). The zero-order valence-corrected chi connectivity index (χ0v) is 18.1. The highest BCUT2D eigenvalue weighted by atomic mass is 32.1. The van der Waals surface area contributed by atoms with Crippen LogP contribution in [0.15, 0.2) is 41.8 Å². The second-order valence-corrected chi connectivity index (χ2v) is 9.28. The molecule has 1 aromatic heterocycles. The number of carbonyl (C=O) groups is 3. The quantitative estimate of drug-likeness (QED) is 0.634. The number of aryl methyl sites for hydroxylation is 1. The van der Waals surface area contributed by atoms with E-state index in [2.05, 4.69) is 29.7 Å². The lowest BCUT2D eigenvalue weighted by Crippen LogP contribution is -2.47. The maximum absolute atomic E-state index is 12.9. The van der Waals surface area contributed by atoms with E-state index < -0.39 is 11.6 Å². The van der Waals surface area contributed by atoms with Gasteiger partial charge >= 0.3 is 6.03 Å². The van der Waals surface area contributed by atoms with Crippen LogP contribution in [0.25, 0.3) is 0 Å². The lowest BCUT2D eigenvalue weighted by Gasteiger charge is -2.22. The topological polar surface area (TPSA) is 78.5 Å². The molecule has 1 aromatic carbocycles. The molecule has 0 radical (unpaired) electrons. The van der Waals surface area contributed by atoms with Crippen LogP contribution >= 0.6 is 11.3 Å². The number of amides is 4. The summed E-state index contributed by atoms with van der Waals surface area (Å²) in [6.07, 6.45) is 3.95. The molecule has 1 aliphatic heterocycles. The van der Waals surface area contributed by atoms with Gasteiger partial charge in [-0.05, 0) is 54.7 Å². The fourth-order valence-corrected chi connectivity index (χ4v) is 4.89. The average Bonchev–Trinajstić information content (AvgIpc) is 3.41. The van der Waals surface area contributed by atoms with Crippen molar-refractivity contribution in [1.29, 1.82) is 0 Å². The first-order valence-electron chi connectivity index (χ1n) is 10.5. The Morgan fingerprint density at radius 3 is 2.60 bits per heavy atom. The van der Waals surface area contributed by atoms with Crippen molar-refractivity contribution in [2.24, 2.45) is 5.92 Å². The van der Waals surface area contributed by atoms with Gasteiger partial charge in [0.15, 0.2) is 0 Å². The van der Waals surface area contributed by atoms with E-state index in [0.717, 1.165) is 41.0 Å². The molecule has 0 bridgehead atoms. The number of thiophene rings is 1. The van der Waals surface area contributed by atoms with Crippen LogP contribution < -0.4 is 10.6 Å². The number of imide groups is 1. The third kappa shape index (κ3) is 3.99. The zero-order valence-electron chi connectivity index (χ0n) is 17.3. The molecule has 7 heteroatoms. The largest absolute Gasteiger partial charge is 0.343 e. The number of hydrogen-bond acceptors (Lipinski definition) is 4. The van der Waals surface area contributed by atoms with Crippen LogP contribution in [0.3, 0.4) is 0 Å². The van der Waals surface area contributed by atoms with Crippen molar-refractivity contribution >= 4 is 29.2 Å². The number of nitrogens with one attached hydrogen (secondary N) is 2. The number of hydrogen-bond donors (Lipinski definition) is 2. The van der Waals surface area contributed by atoms with Gasteiger partial charge in [0.1, 0.15) is 12.1 Å². The Hall–Kier alpha value is -2.67. The highest BCUT2D eigenvalue weighted by Gasteiger charge is 2.56. The number of rotatable bonds is 8. The summed E-state index contributed by atoms with van der Waals surface area (Å²) in [7, 11) is 0. The Bertz CT molecular complexity index is 937. The third-order valence-corrected chi connectivity index (χ3v) is 6.92. The monoisotopic (exact) mass is 425 g/mol. The smallest absolute Gasteiger partial charge is 0.325 e. The van der Waals surface area contributed by atoms with Gasteiger partial charge in [-0.15, -0.1) is 11.3 Å². The maximum Gasteiger partial charge on any atom is 0.325 e. The summed E-state index contributed by atoms with van der Waals surface area (Å²) in [5, 5.41) is 7.78. The van der Waals surface area contributed by atoms with Gasteiger partial charge in [0.05, 0.1) is 6.04 Å². The first-order valence-corrected chi connectivity index (χ1v) is 11.4. The number of urea groups is 1. The molecule has 2 N–H and O–H groups in total. The van der Waals surface area contributed by atoms with Crippen LogP contribution in [0.1, 0.15) is 55.2 Å². The summed E-state index contributed by atoms with van der Waals surface area (Å²) >= 11 is 1.56. The van der Waals surface area contributed by atoms with Crippen LogP contribution in [0, 0.1) is 5.92 Å². The molecule has 2 aromatic rings. The van der Waals surface area contributed by atoms with Crippen LogP contribution in [-0.2, 0) is 16.0 Å². The summed E-state index contributed by atoms with van der Waals surface area (Å²) in [6, 6.07) is 11.4. The van der Waals surface area contributed by atoms with Crippen LogP contribution in [0.5, 0.6) is 0 Å². The standard InChI is InChI=1S/C23H27N3O3S/c1-3-5-15-7-9-16(10-8-15)20(18-6-4-13-30-18)24-19(27)14-26-21(28)23(2,17-11-12-17)25-22(26)29/h4,6-10,13,17,20H,3,5,11-12,14H2,1-2H3,(H,24,27)(H,25,29). The van der Waals surface area contributed by atoms with Crippen molar-refractivity contribution in [2.75, 3.05) is 6.54 Å². The van der Waals surface area contributed by atoms with Gasteiger partial charge in [-0.3, -0.25) is 14.5 Å². The number of nitrogens with zero attached hydrogens (tertiary/aromatic N) is 1. The molecule has 1 saturated carbocycles. The lowest BCUT2D eigenvalue weighted by molar-refractivity contribution is -0.135. The molecule has 2 aliphatic rings. The SMILES string of the molecule is CCCc1ccc(C(NC(=O)CN2C(=O)NC(C)(C3CC3)C2=O)c2cccs2)cc1. The Kier molecular flexibility index (Phi) is 5.64. The Balaban J connectivity index is 1.48. The predicted octanol–water partition coefficient (Wildman–Crippen LogP) is 3.63. The van der Waals surface area contributed by atoms with Crippen molar-refractivity contribution in [3.8, 4) is 0 Å². The zero-order chi connectivity index (χ0) is 21.3. The van der Waals surface area contributed by atoms with Crippen molar-refractivity contribution < 1.29 is 14.4 Å². The van der Waals surface area contributed by atoms with Gasteiger partial charge in [0, 0.05) is 4.88 Å². The molecule has 0 spiro atoms. The highest BCUT2D eigenvalue weighted by molar-refractivity contribution is 7.10. The molecule has 158 valence electrons. The summed E-state index contributed by atoms with van der Waals surface area (Å²) < 4.78 is 0. The fourth-order valence-electron chi connectivity index (χ4n) is 4.09. The highest BCUT2D eigenvalue weighted by Crippen LogP contribution is 2.42. The molecule has 6 nitrogen and oxygen atoms in total. The van der Waals surface area contributed by atoms with Crippen LogP contribution in [0.2, 0.25) is 0 Å². The Morgan fingerprint density at radius 2 is 2.00 bits per heavy atom. The van der Waals surface area contributed by atoms with E-state index in [4.69, 9.17) is 0 Å². The average molecular weight is 426 g/mol. The number of carbonyl (C=O) groups excluding carboxylic acids is 3.